The van der Waals surface area contributed by atoms with Crippen LogP contribution in [0, 0.1) is 5.92 Å². The predicted molar refractivity (Wildman–Crippen MR) is 33.1 cm³/mol. The van der Waals surface area contributed by atoms with Crippen LogP contribution in [-0.2, 0) is 9.84 Å². The zero-order valence-electron chi connectivity index (χ0n) is 6.05. The minimum absolute atomic E-state index is 1.39. The largest absolute Gasteiger partial charge is 0.398 e. The predicted octanol–water partition coefficient (Wildman–Crippen LogP) is 1.23. The molecule has 1 aliphatic rings. The van der Waals surface area contributed by atoms with Gasteiger partial charge in [-0.2, -0.15) is 13.2 Å². The molecule has 1 fully saturated rings. The van der Waals surface area contributed by atoms with Gasteiger partial charge in [0.05, 0.1) is 5.75 Å². The Balaban J connectivity index is 3.03. The average Bonchev–Trinajstić information content (AvgIpc) is 1.99. The third-order valence-corrected chi connectivity index (χ3v) is 3.55. The molecule has 2 nitrogen and oxygen atoms in total. The SMILES string of the molecule is O=S1(=O)CC(F)C(C(F)(F)F)C1F. The van der Waals surface area contributed by atoms with Crippen LogP contribution in [0.25, 0.3) is 0 Å². The Labute approximate surface area is 70.6 Å². The van der Waals surface area contributed by atoms with Crippen LogP contribution in [0.1, 0.15) is 0 Å². The van der Waals surface area contributed by atoms with E-state index in [9.17, 15) is 30.4 Å². The molecule has 13 heavy (non-hydrogen) atoms. The van der Waals surface area contributed by atoms with Crippen molar-refractivity contribution in [1.82, 2.24) is 0 Å². The van der Waals surface area contributed by atoms with E-state index in [1.807, 2.05) is 0 Å². The molecule has 0 aromatic rings. The first-order valence-corrected chi connectivity index (χ1v) is 4.94. The van der Waals surface area contributed by atoms with Gasteiger partial charge in [0.15, 0.2) is 9.84 Å². The molecule has 0 aliphatic carbocycles. The van der Waals surface area contributed by atoms with Crippen molar-refractivity contribution >= 4 is 9.84 Å². The standard InChI is InChI=1S/C5H5F5O2S/c6-2-1-13(11,12)4(7)3(2)5(8,9)10/h2-4H,1H2. The maximum Gasteiger partial charge on any atom is 0.398 e. The summed E-state index contributed by atoms with van der Waals surface area (Å²) in [6.45, 7) is 0. The van der Waals surface area contributed by atoms with E-state index in [4.69, 9.17) is 0 Å². The summed E-state index contributed by atoms with van der Waals surface area (Å²) in [6.07, 6.45) is -7.84. The van der Waals surface area contributed by atoms with Gasteiger partial charge < -0.3 is 0 Å². The molecule has 0 amide bonds. The topological polar surface area (TPSA) is 34.1 Å². The highest BCUT2D eigenvalue weighted by atomic mass is 32.2. The van der Waals surface area contributed by atoms with Crippen molar-refractivity contribution in [3.63, 3.8) is 0 Å². The molecule has 1 saturated heterocycles. The van der Waals surface area contributed by atoms with Crippen molar-refractivity contribution in [2.75, 3.05) is 5.75 Å². The monoisotopic (exact) mass is 224 g/mol. The highest BCUT2D eigenvalue weighted by Gasteiger charge is 2.60. The molecule has 1 heterocycles. The third kappa shape index (κ3) is 1.77. The lowest BCUT2D eigenvalue weighted by Crippen LogP contribution is -2.34. The van der Waals surface area contributed by atoms with Gasteiger partial charge in [0.2, 0.25) is 5.50 Å². The first-order valence-electron chi connectivity index (χ1n) is 3.22. The molecule has 0 aromatic carbocycles. The van der Waals surface area contributed by atoms with Gasteiger partial charge in [0.25, 0.3) is 0 Å². The Kier molecular flexibility index (Phi) is 2.29. The smallest absolute Gasteiger partial charge is 0.246 e. The van der Waals surface area contributed by atoms with E-state index >= 15 is 0 Å². The summed E-state index contributed by atoms with van der Waals surface area (Å²) in [4.78, 5) is 0. The van der Waals surface area contributed by atoms with Crippen molar-refractivity contribution in [2.45, 2.75) is 17.9 Å². The van der Waals surface area contributed by atoms with Crippen LogP contribution in [0.4, 0.5) is 22.0 Å². The molecule has 0 N–H and O–H groups in total. The summed E-state index contributed by atoms with van der Waals surface area (Å²) in [5.41, 5.74) is -3.16. The van der Waals surface area contributed by atoms with Gasteiger partial charge in [-0.05, 0) is 0 Å². The van der Waals surface area contributed by atoms with E-state index in [0.29, 0.717) is 0 Å². The molecule has 0 bridgehead atoms. The Bertz CT molecular complexity index is 295. The maximum absolute atomic E-state index is 12.6. The maximum atomic E-state index is 12.6. The number of alkyl halides is 5. The second-order valence-corrected chi connectivity index (χ2v) is 4.87. The summed E-state index contributed by atoms with van der Waals surface area (Å²) < 4.78 is 81.7. The van der Waals surface area contributed by atoms with Gasteiger partial charge in [-0.1, -0.05) is 0 Å². The van der Waals surface area contributed by atoms with Crippen LogP contribution < -0.4 is 0 Å². The van der Waals surface area contributed by atoms with E-state index in [1.54, 1.807) is 0 Å². The van der Waals surface area contributed by atoms with Crippen LogP contribution in [0.15, 0.2) is 0 Å². The molecule has 3 unspecified atom stereocenters. The number of hydrogen-bond acceptors (Lipinski definition) is 2. The lowest BCUT2D eigenvalue weighted by molar-refractivity contribution is -0.193. The Morgan fingerprint density at radius 2 is 1.62 bits per heavy atom. The Hall–Kier alpha value is -0.400. The number of hydrogen-bond donors (Lipinski definition) is 0. The molecule has 1 aliphatic heterocycles. The van der Waals surface area contributed by atoms with Gasteiger partial charge in [-0.3, -0.25) is 0 Å². The molecule has 0 saturated carbocycles. The number of rotatable bonds is 0. The van der Waals surface area contributed by atoms with Crippen molar-refractivity contribution in [3.05, 3.63) is 0 Å². The molecular formula is C5H5F5O2S. The molecule has 0 radical (unpaired) electrons. The van der Waals surface area contributed by atoms with E-state index < -0.39 is 39.4 Å². The van der Waals surface area contributed by atoms with Crippen molar-refractivity contribution in [2.24, 2.45) is 5.92 Å². The quantitative estimate of drug-likeness (QED) is 0.580. The fraction of sp³-hybridized carbons (Fsp3) is 1.00. The summed E-state index contributed by atoms with van der Waals surface area (Å²) in [7, 11) is -4.57. The third-order valence-electron chi connectivity index (χ3n) is 1.78. The van der Waals surface area contributed by atoms with Crippen molar-refractivity contribution in [1.29, 1.82) is 0 Å². The van der Waals surface area contributed by atoms with Crippen LogP contribution in [0.2, 0.25) is 0 Å². The van der Waals surface area contributed by atoms with E-state index in [0.717, 1.165) is 0 Å². The zero-order chi connectivity index (χ0) is 10.4. The Morgan fingerprint density at radius 1 is 1.15 bits per heavy atom. The molecule has 0 spiro atoms. The minimum Gasteiger partial charge on any atom is -0.246 e. The second-order valence-electron chi connectivity index (χ2n) is 2.76. The number of sulfone groups is 1. The summed E-state index contributed by atoms with van der Waals surface area (Å²) >= 11 is 0. The van der Waals surface area contributed by atoms with Crippen molar-refractivity contribution in [3.8, 4) is 0 Å². The minimum atomic E-state index is -5.15. The van der Waals surface area contributed by atoms with Crippen LogP contribution in [-0.4, -0.2) is 32.0 Å². The second kappa shape index (κ2) is 2.79. The molecule has 8 heteroatoms. The molecule has 3 atom stereocenters. The normalized spacial score (nSPS) is 39.3. The summed E-state index contributed by atoms with van der Waals surface area (Å²) in [6, 6.07) is 0. The van der Waals surface area contributed by atoms with Gasteiger partial charge in [0, 0.05) is 0 Å². The first-order chi connectivity index (χ1) is 5.66. The summed E-state index contributed by atoms with van der Waals surface area (Å²) in [5.74, 6) is -4.42. The number of halogens is 5. The molecular weight excluding hydrogens is 219 g/mol. The van der Waals surface area contributed by atoms with Gasteiger partial charge in [-0.25, -0.2) is 17.2 Å². The lowest BCUT2D eigenvalue weighted by Gasteiger charge is -2.16. The van der Waals surface area contributed by atoms with Crippen molar-refractivity contribution < 1.29 is 30.4 Å². The van der Waals surface area contributed by atoms with Gasteiger partial charge in [-0.15, -0.1) is 0 Å². The first kappa shape index (κ1) is 10.7. The van der Waals surface area contributed by atoms with E-state index in [1.165, 1.54) is 0 Å². The van der Waals surface area contributed by atoms with Crippen LogP contribution in [0.3, 0.4) is 0 Å². The highest BCUT2D eigenvalue weighted by Crippen LogP contribution is 2.41. The highest BCUT2D eigenvalue weighted by molar-refractivity contribution is 7.92. The van der Waals surface area contributed by atoms with Gasteiger partial charge >= 0.3 is 6.18 Å². The fourth-order valence-corrected chi connectivity index (χ4v) is 2.77. The summed E-state index contributed by atoms with van der Waals surface area (Å²) in [5, 5.41) is 0. The van der Waals surface area contributed by atoms with Gasteiger partial charge in [0.1, 0.15) is 12.1 Å². The molecule has 78 valence electrons. The van der Waals surface area contributed by atoms with Crippen LogP contribution >= 0.6 is 0 Å². The lowest BCUT2D eigenvalue weighted by atomic mass is 10.1. The Morgan fingerprint density at radius 3 is 1.77 bits per heavy atom. The molecule has 0 aromatic heterocycles. The van der Waals surface area contributed by atoms with E-state index in [2.05, 4.69) is 0 Å². The van der Waals surface area contributed by atoms with E-state index in [-0.39, 0.29) is 0 Å². The zero-order valence-corrected chi connectivity index (χ0v) is 6.87. The van der Waals surface area contributed by atoms with Crippen LogP contribution in [0.5, 0.6) is 0 Å². The molecule has 1 rings (SSSR count). The fourth-order valence-electron chi connectivity index (χ4n) is 1.16. The average molecular weight is 224 g/mol.